The van der Waals surface area contributed by atoms with Crippen LogP contribution in [0.25, 0.3) is 0 Å². The molecule has 0 aliphatic heterocycles. The lowest BCUT2D eigenvalue weighted by molar-refractivity contribution is 0.625. The number of halogens is 3. The zero-order chi connectivity index (χ0) is 13.1. The van der Waals surface area contributed by atoms with Crippen LogP contribution in [0.3, 0.4) is 0 Å². The molecule has 0 aliphatic carbocycles. The second kappa shape index (κ2) is 6.12. The van der Waals surface area contributed by atoms with Gasteiger partial charge in [-0.15, -0.1) is 0 Å². The summed E-state index contributed by atoms with van der Waals surface area (Å²) < 4.78 is 15.0. The van der Waals surface area contributed by atoms with Gasteiger partial charge in [0.25, 0.3) is 0 Å². The van der Waals surface area contributed by atoms with E-state index in [9.17, 15) is 4.39 Å². The van der Waals surface area contributed by atoms with Crippen LogP contribution in [0.15, 0.2) is 46.9 Å². The molecular weight excluding hydrogens is 408 g/mol. The van der Waals surface area contributed by atoms with E-state index in [0.717, 1.165) is 19.2 Å². The number of hydrogen-bond donors (Lipinski definition) is 1. The molecule has 0 aliphatic rings. The van der Waals surface area contributed by atoms with E-state index in [2.05, 4.69) is 44.6 Å². The van der Waals surface area contributed by atoms with Crippen LogP contribution in [0.2, 0.25) is 0 Å². The highest BCUT2D eigenvalue weighted by Crippen LogP contribution is 2.26. The smallest absolute Gasteiger partial charge is 0.123 e. The van der Waals surface area contributed by atoms with Crippen LogP contribution in [0, 0.1) is 9.39 Å². The first kappa shape index (κ1) is 14.0. The fraction of sp³-hybridized carbons (Fsp3) is 0.143. The maximum Gasteiger partial charge on any atom is 0.123 e. The van der Waals surface area contributed by atoms with Crippen LogP contribution in [0.5, 0.6) is 0 Å². The highest BCUT2D eigenvalue weighted by Gasteiger charge is 2.11. The molecule has 1 nitrogen and oxygen atoms in total. The maximum atomic E-state index is 12.8. The van der Waals surface area contributed by atoms with Crippen molar-refractivity contribution in [2.45, 2.75) is 12.5 Å². The Morgan fingerprint density at radius 2 is 1.83 bits per heavy atom. The fourth-order valence-corrected chi connectivity index (χ4v) is 2.84. The molecule has 0 heterocycles. The second-order valence-electron chi connectivity index (χ2n) is 4.10. The lowest BCUT2D eigenvalue weighted by Crippen LogP contribution is -2.14. The molecule has 0 aromatic heterocycles. The van der Waals surface area contributed by atoms with E-state index in [0.29, 0.717) is 6.42 Å². The predicted molar refractivity (Wildman–Crippen MR) is 83.9 cm³/mol. The van der Waals surface area contributed by atoms with Gasteiger partial charge in [-0.1, -0.05) is 28.1 Å². The van der Waals surface area contributed by atoms with Gasteiger partial charge in [-0.25, -0.2) is 4.39 Å². The molecular formula is C14H12BrFIN. The lowest BCUT2D eigenvalue weighted by Gasteiger charge is -2.14. The van der Waals surface area contributed by atoms with Crippen molar-refractivity contribution in [1.82, 2.24) is 0 Å². The minimum Gasteiger partial charge on any atom is -0.324 e. The van der Waals surface area contributed by atoms with Gasteiger partial charge in [0.05, 0.1) is 0 Å². The molecule has 0 amide bonds. The molecule has 0 spiro atoms. The van der Waals surface area contributed by atoms with Crippen LogP contribution < -0.4 is 5.73 Å². The quantitative estimate of drug-likeness (QED) is 0.731. The van der Waals surface area contributed by atoms with Crippen molar-refractivity contribution in [1.29, 1.82) is 0 Å². The molecule has 2 aromatic carbocycles. The van der Waals surface area contributed by atoms with Gasteiger partial charge in [0.2, 0.25) is 0 Å². The predicted octanol–water partition coefficient (Wildman–Crippen LogP) is 4.44. The van der Waals surface area contributed by atoms with E-state index in [4.69, 9.17) is 5.73 Å². The Kier molecular flexibility index (Phi) is 4.75. The molecule has 0 saturated heterocycles. The highest BCUT2D eigenvalue weighted by molar-refractivity contribution is 14.1. The van der Waals surface area contributed by atoms with Crippen molar-refractivity contribution in [3.8, 4) is 0 Å². The van der Waals surface area contributed by atoms with Crippen molar-refractivity contribution in [3.63, 3.8) is 0 Å². The highest BCUT2D eigenvalue weighted by atomic mass is 127. The summed E-state index contributed by atoms with van der Waals surface area (Å²) in [5.74, 6) is -0.220. The molecule has 4 heteroatoms. The average molecular weight is 420 g/mol. The van der Waals surface area contributed by atoms with Gasteiger partial charge >= 0.3 is 0 Å². The monoisotopic (exact) mass is 419 g/mol. The third kappa shape index (κ3) is 3.52. The number of nitrogens with two attached hydrogens (primary N) is 1. The zero-order valence-corrected chi connectivity index (χ0v) is 13.3. The van der Waals surface area contributed by atoms with Crippen LogP contribution in [0.4, 0.5) is 4.39 Å². The summed E-state index contributed by atoms with van der Waals surface area (Å²) in [7, 11) is 0. The summed E-state index contributed by atoms with van der Waals surface area (Å²) in [6.07, 6.45) is 0.693. The van der Waals surface area contributed by atoms with Gasteiger partial charge in [-0.05, 0) is 70.5 Å². The summed E-state index contributed by atoms with van der Waals surface area (Å²) >= 11 is 5.78. The number of hydrogen-bond acceptors (Lipinski definition) is 1. The fourth-order valence-electron chi connectivity index (χ4n) is 1.78. The van der Waals surface area contributed by atoms with Crippen LogP contribution in [0.1, 0.15) is 17.2 Å². The third-order valence-corrected chi connectivity index (χ3v) is 4.12. The molecule has 18 heavy (non-hydrogen) atoms. The third-order valence-electron chi connectivity index (χ3n) is 2.73. The van der Waals surface area contributed by atoms with Crippen LogP contribution >= 0.6 is 38.5 Å². The topological polar surface area (TPSA) is 26.0 Å². The van der Waals surface area contributed by atoms with Gasteiger partial charge in [0.1, 0.15) is 5.82 Å². The number of benzene rings is 2. The van der Waals surface area contributed by atoms with Gasteiger partial charge in [0, 0.05) is 14.1 Å². The molecule has 2 aromatic rings. The molecule has 1 unspecified atom stereocenters. The minimum atomic E-state index is -0.220. The Labute approximate surface area is 128 Å². The van der Waals surface area contributed by atoms with Crippen molar-refractivity contribution < 1.29 is 4.39 Å². The Hall–Kier alpha value is -0.460. The van der Waals surface area contributed by atoms with E-state index in [-0.39, 0.29) is 11.9 Å². The van der Waals surface area contributed by atoms with Crippen LogP contribution in [-0.2, 0) is 6.42 Å². The van der Waals surface area contributed by atoms with E-state index >= 15 is 0 Å². The molecule has 0 fully saturated rings. The first-order chi connectivity index (χ1) is 8.56. The van der Waals surface area contributed by atoms with Crippen LogP contribution in [-0.4, -0.2) is 0 Å². The minimum absolute atomic E-state index is 0.0976. The van der Waals surface area contributed by atoms with Crippen molar-refractivity contribution in [2.24, 2.45) is 5.73 Å². The molecule has 2 N–H and O–H groups in total. The van der Waals surface area contributed by atoms with Crippen molar-refractivity contribution >= 4 is 38.5 Å². The van der Waals surface area contributed by atoms with Crippen molar-refractivity contribution in [2.75, 3.05) is 0 Å². The summed E-state index contributed by atoms with van der Waals surface area (Å²) in [4.78, 5) is 0. The lowest BCUT2D eigenvalue weighted by atomic mass is 10.00. The summed E-state index contributed by atoms with van der Waals surface area (Å²) in [6.45, 7) is 0. The molecule has 0 saturated carbocycles. The standard InChI is InChI=1S/C14H12BrFIN/c15-13-6-5-11(17)8-12(13)14(18)7-9-1-3-10(16)4-2-9/h1-6,8,14H,7,18H2. The summed E-state index contributed by atoms with van der Waals surface area (Å²) in [6, 6.07) is 12.5. The van der Waals surface area contributed by atoms with Crippen molar-refractivity contribution in [3.05, 3.63) is 67.5 Å². The summed E-state index contributed by atoms with van der Waals surface area (Å²) in [5, 5.41) is 0. The van der Waals surface area contributed by atoms with Gasteiger partial charge in [0.15, 0.2) is 0 Å². The Morgan fingerprint density at radius 1 is 1.17 bits per heavy atom. The zero-order valence-electron chi connectivity index (χ0n) is 9.54. The SMILES string of the molecule is NC(Cc1ccc(F)cc1)c1cc(I)ccc1Br. The van der Waals surface area contributed by atoms with Gasteiger partial charge in [-0.3, -0.25) is 0 Å². The van der Waals surface area contributed by atoms with Gasteiger partial charge < -0.3 is 5.73 Å². The van der Waals surface area contributed by atoms with E-state index in [1.54, 1.807) is 12.1 Å². The van der Waals surface area contributed by atoms with Gasteiger partial charge in [-0.2, -0.15) is 0 Å². The average Bonchev–Trinajstić information content (AvgIpc) is 2.35. The van der Waals surface area contributed by atoms with E-state index < -0.39 is 0 Å². The summed E-state index contributed by atoms with van der Waals surface area (Å²) in [5.41, 5.74) is 8.32. The molecule has 1 atom stereocenters. The molecule has 94 valence electrons. The van der Waals surface area contributed by atoms with E-state index in [1.165, 1.54) is 12.1 Å². The first-order valence-electron chi connectivity index (χ1n) is 5.51. The van der Waals surface area contributed by atoms with E-state index in [1.807, 2.05) is 12.1 Å². The largest absolute Gasteiger partial charge is 0.324 e. The molecule has 0 bridgehead atoms. The first-order valence-corrected chi connectivity index (χ1v) is 7.38. The normalized spacial score (nSPS) is 12.4. The maximum absolute atomic E-state index is 12.8. The Balaban J connectivity index is 2.18. The Morgan fingerprint density at radius 3 is 2.50 bits per heavy atom. The second-order valence-corrected chi connectivity index (χ2v) is 6.20. The molecule has 2 rings (SSSR count). The number of rotatable bonds is 3. The molecule has 0 radical (unpaired) electrons. The Bertz CT molecular complexity index is 542.